The van der Waals surface area contributed by atoms with Gasteiger partial charge in [-0.2, -0.15) is 9.57 Å². The molecule has 1 saturated heterocycles. The van der Waals surface area contributed by atoms with Crippen LogP contribution < -0.4 is 0 Å². The zero-order valence-electron chi connectivity index (χ0n) is 14.9. The molecule has 0 saturated carbocycles. The minimum Gasteiger partial charge on any atom is -0.451 e. The maximum absolute atomic E-state index is 12.8. The van der Waals surface area contributed by atoms with Gasteiger partial charge < -0.3 is 9.32 Å². The molecular weight excluding hydrogens is 378 g/mol. The molecule has 0 atom stereocenters. The summed E-state index contributed by atoms with van der Waals surface area (Å²) in [5, 5.41) is 9.70. The van der Waals surface area contributed by atoms with Crippen LogP contribution in [-0.2, 0) is 10.0 Å². The van der Waals surface area contributed by atoms with Crippen molar-refractivity contribution in [3.63, 3.8) is 0 Å². The quantitative estimate of drug-likeness (QED) is 0.679. The van der Waals surface area contributed by atoms with Crippen LogP contribution in [0.1, 0.15) is 16.1 Å². The summed E-state index contributed by atoms with van der Waals surface area (Å²) in [6, 6.07) is 16.9. The van der Waals surface area contributed by atoms with Crippen LogP contribution in [-0.4, -0.2) is 49.7 Å². The molecule has 0 spiro atoms. The molecule has 0 bridgehead atoms. The van der Waals surface area contributed by atoms with Gasteiger partial charge in [0.05, 0.1) is 16.5 Å². The molecule has 0 radical (unpaired) electrons. The summed E-state index contributed by atoms with van der Waals surface area (Å²) in [5.74, 6) is 0.0104. The van der Waals surface area contributed by atoms with E-state index in [0.29, 0.717) is 11.1 Å². The van der Waals surface area contributed by atoms with Crippen molar-refractivity contribution in [2.75, 3.05) is 26.2 Å². The molecule has 0 unspecified atom stereocenters. The predicted octanol–water partition coefficient (Wildman–Crippen LogP) is 2.45. The number of nitrogens with zero attached hydrogens (tertiary/aromatic N) is 3. The Morgan fingerprint density at radius 3 is 2.32 bits per heavy atom. The summed E-state index contributed by atoms with van der Waals surface area (Å²) in [4.78, 5) is 14.4. The molecule has 28 heavy (non-hydrogen) atoms. The van der Waals surface area contributed by atoms with Crippen LogP contribution in [0, 0.1) is 11.3 Å². The summed E-state index contributed by atoms with van der Waals surface area (Å²) in [7, 11) is -3.66. The van der Waals surface area contributed by atoms with Crippen LogP contribution in [0.25, 0.3) is 11.0 Å². The maximum atomic E-state index is 12.8. The number of benzene rings is 2. The van der Waals surface area contributed by atoms with Crippen LogP contribution in [0.2, 0.25) is 0 Å². The Morgan fingerprint density at radius 2 is 1.68 bits per heavy atom. The van der Waals surface area contributed by atoms with E-state index in [-0.39, 0.29) is 42.7 Å². The summed E-state index contributed by atoms with van der Waals surface area (Å²) in [6.45, 7) is 0.972. The number of furan rings is 1. The number of carbonyl (C=O) groups excluding carboxylic acids is 1. The molecular formula is C20H17N3O4S. The molecule has 142 valence electrons. The van der Waals surface area contributed by atoms with E-state index < -0.39 is 10.0 Å². The van der Waals surface area contributed by atoms with Crippen molar-refractivity contribution in [3.05, 3.63) is 65.9 Å². The number of hydrogen-bond acceptors (Lipinski definition) is 5. The molecule has 1 aromatic heterocycles. The first kappa shape index (κ1) is 18.2. The van der Waals surface area contributed by atoms with Gasteiger partial charge in [-0.15, -0.1) is 0 Å². The predicted molar refractivity (Wildman–Crippen MR) is 102 cm³/mol. The molecule has 0 N–H and O–H groups in total. The van der Waals surface area contributed by atoms with E-state index in [9.17, 15) is 13.2 Å². The Morgan fingerprint density at radius 1 is 1.00 bits per heavy atom. The fourth-order valence-corrected chi connectivity index (χ4v) is 4.65. The molecule has 1 aliphatic rings. The molecule has 2 heterocycles. The number of fused-ring (bicyclic) bond motifs is 1. The van der Waals surface area contributed by atoms with E-state index in [1.165, 1.54) is 28.6 Å². The number of nitriles is 1. The first-order valence-corrected chi connectivity index (χ1v) is 10.2. The van der Waals surface area contributed by atoms with Crippen LogP contribution in [0.5, 0.6) is 0 Å². The summed E-state index contributed by atoms with van der Waals surface area (Å²) < 4.78 is 32.5. The molecule has 4 rings (SSSR count). The largest absolute Gasteiger partial charge is 0.451 e. The number of sulfonamides is 1. The first-order chi connectivity index (χ1) is 13.5. The molecule has 7 nitrogen and oxygen atoms in total. The second-order valence-electron chi connectivity index (χ2n) is 6.48. The molecule has 2 aromatic carbocycles. The van der Waals surface area contributed by atoms with Crippen LogP contribution in [0.4, 0.5) is 0 Å². The van der Waals surface area contributed by atoms with Gasteiger partial charge >= 0.3 is 0 Å². The Hall–Kier alpha value is -3.15. The normalized spacial score (nSPS) is 15.5. The van der Waals surface area contributed by atoms with E-state index >= 15 is 0 Å². The van der Waals surface area contributed by atoms with E-state index in [1.54, 1.807) is 17.0 Å². The molecule has 0 aliphatic carbocycles. The van der Waals surface area contributed by atoms with E-state index in [2.05, 4.69) is 0 Å². The third kappa shape index (κ3) is 3.26. The standard InChI is InChI=1S/C20H17N3O4S/c21-14-15-5-7-17(8-6-15)28(25,26)23-11-9-22(10-12-23)20(24)19-13-16-3-1-2-4-18(16)27-19/h1-8,13H,9-12H2. The second-order valence-corrected chi connectivity index (χ2v) is 8.42. The number of rotatable bonds is 3. The lowest BCUT2D eigenvalue weighted by molar-refractivity contribution is 0.0668. The summed E-state index contributed by atoms with van der Waals surface area (Å²) >= 11 is 0. The first-order valence-electron chi connectivity index (χ1n) is 8.77. The molecule has 1 fully saturated rings. The Balaban J connectivity index is 1.46. The number of amides is 1. The van der Waals surface area contributed by atoms with Gasteiger partial charge in [0.1, 0.15) is 5.58 Å². The molecule has 3 aromatic rings. The highest BCUT2D eigenvalue weighted by molar-refractivity contribution is 7.89. The Kier molecular flexibility index (Phi) is 4.63. The van der Waals surface area contributed by atoms with Crippen LogP contribution >= 0.6 is 0 Å². The average molecular weight is 395 g/mol. The topological polar surface area (TPSA) is 94.6 Å². The van der Waals surface area contributed by atoms with Gasteiger partial charge in [-0.1, -0.05) is 18.2 Å². The molecule has 8 heteroatoms. The van der Waals surface area contributed by atoms with Gasteiger partial charge in [-0.25, -0.2) is 8.42 Å². The molecule has 1 amide bonds. The van der Waals surface area contributed by atoms with Crippen molar-refractivity contribution < 1.29 is 17.6 Å². The van der Waals surface area contributed by atoms with E-state index in [0.717, 1.165) is 5.39 Å². The number of piperazine rings is 1. The van der Waals surface area contributed by atoms with Gasteiger partial charge in [0, 0.05) is 31.6 Å². The lowest BCUT2D eigenvalue weighted by atomic mass is 10.2. The SMILES string of the molecule is N#Cc1ccc(S(=O)(=O)N2CCN(C(=O)c3cc4ccccc4o3)CC2)cc1. The minimum absolute atomic E-state index is 0.142. The zero-order valence-corrected chi connectivity index (χ0v) is 15.7. The van der Waals surface area contributed by atoms with Gasteiger partial charge in [0.15, 0.2) is 5.76 Å². The number of para-hydroxylation sites is 1. The smallest absolute Gasteiger partial charge is 0.289 e. The van der Waals surface area contributed by atoms with Gasteiger partial charge in [-0.3, -0.25) is 4.79 Å². The maximum Gasteiger partial charge on any atom is 0.289 e. The second kappa shape index (κ2) is 7.11. The van der Waals surface area contributed by atoms with Gasteiger partial charge in [0.25, 0.3) is 5.91 Å². The highest BCUT2D eigenvalue weighted by atomic mass is 32.2. The number of hydrogen-bond donors (Lipinski definition) is 0. The highest BCUT2D eigenvalue weighted by Crippen LogP contribution is 2.22. The minimum atomic E-state index is -3.66. The lowest BCUT2D eigenvalue weighted by Gasteiger charge is -2.33. The van der Waals surface area contributed by atoms with Crippen molar-refractivity contribution in [3.8, 4) is 6.07 Å². The van der Waals surface area contributed by atoms with E-state index in [4.69, 9.17) is 9.68 Å². The van der Waals surface area contributed by atoms with Gasteiger partial charge in [0.2, 0.25) is 10.0 Å². The van der Waals surface area contributed by atoms with Gasteiger partial charge in [-0.05, 0) is 36.4 Å². The van der Waals surface area contributed by atoms with Crippen molar-refractivity contribution in [2.45, 2.75) is 4.90 Å². The van der Waals surface area contributed by atoms with Crippen LogP contribution in [0.3, 0.4) is 0 Å². The zero-order chi connectivity index (χ0) is 19.7. The summed E-state index contributed by atoms with van der Waals surface area (Å²) in [5.41, 5.74) is 1.05. The third-order valence-corrected chi connectivity index (χ3v) is 6.70. The molecule has 1 aliphatic heterocycles. The van der Waals surface area contributed by atoms with Crippen molar-refractivity contribution in [1.29, 1.82) is 5.26 Å². The van der Waals surface area contributed by atoms with Crippen LogP contribution in [0.15, 0.2) is 63.9 Å². The van der Waals surface area contributed by atoms with Crippen molar-refractivity contribution in [1.82, 2.24) is 9.21 Å². The number of carbonyl (C=O) groups is 1. The Bertz CT molecular complexity index is 1140. The lowest BCUT2D eigenvalue weighted by Crippen LogP contribution is -2.50. The fraction of sp³-hybridized carbons (Fsp3) is 0.200. The van der Waals surface area contributed by atoms with E-state index in [1.807, 2.05) is 24.3 Å². The van der Waals surface area contributed by atoms with Crippen molar-refractivity contribution in [2.24, 2.45) is 0 Å². The third-order valence-electron chi connectivity index (χ3n) is 4.78. The van der Waals surface area contributed by atoms with Crippen molar-refractivity contribution >= 4 is 26.9 Å². The summed E-state index contributed by atoms with van der Waals surface area (Å²) in [6.07, 6.45) is 0. The average Bonchev–Trinajstić information content (AvgIpc) is 3.17. The monoisotopic (exact) mass is 395 g/mol. The Labute approximate surface area is 162 Å². The highest BCUT2D eigenvalue weighted by Gasteiger charge is 2.31. The fourth-order valence-electron chi connectivity index (χ4n) is 3.23.